The summed E-state index contributed by atoms with van der Waals surface area (Å²) in [6, 6.07) is 12.6. The smallest absolute Gasteiger partial charge is 0.271 e. The zero-order valence-electron chi connectivity index (χ0n) is 11.8. The molecule has 0 spiro atoms. The molecule has 2 N–H and O–H groups in total. The summed E-state index contributed by atoms with van der Waals surface area (Å²) in [6.07, 6.45) is 0. The lowest BCUT2D eigenvalue weighted by Crippen LogP contribution is -1.86. The van der Waals surface area contributed by atoms with Crippen molar-refractivity contribution in [1.82, 2.24) is 15.0 Å². The second-order valence-electron chi connectivity index (χ2n) is 5.21. The second-order valence-corrected chi connectivity index (χ2v) is 5.21. The molecule has 0 radical (unpaired) electrons. The summed E-state index contributed by atoms with van der Waals surface area (Å²) in [6.45, 7) is 1.99. The molecule has 108 valence electrons. The summed E-state index contributed by atoms with van der Waals surface area (Å²) in [5.41, 5.74) is 4.48. The lowest BCUT2D eigenvalue weighted by molar-refractivity contribution is -0.384. The number of imidazole rings is 1. The van der Waals surface area contributed by atoms with Gasteiger partial charge in [0.15, 0.2) is 0 Å². The molecule has 0 aliphatic heterocycles. The Morgan fingerprint density at radius 3 is 2.73 bits per heavy atom. The molecule has 4 aromatic rings. The van der Waals surface area contributed by atoms with Crippen molar-refractivity contribution in [2.45, 2.75) is 6.92 Å². The van der Waals surface area contributed by atoms with Crippen molar-refractivity contribution in [3.63, 3.8) is 0 Å². The highest BCUT2D eigenvalue weighted by atomic mass is 16.6. The third kappa shape index (κ3) is 1.77. The van der Waals surface area contributed by atoms with E-state index >= 15 is 0 Å². The van der Waals surface area contributed by atoms with Gasteiger partial charge in [0.05, 0.1) is 16.0 Å². The Labute approximate surface area is 125 Å². The lowest BCUT2D eigenvalue weighted by atomic mass is 10.1. The first-order valence-corrected chi connectivity index (χ1v) is 6.85. The molecular formula is C16H12N4O2. The molecule has 0 atom stereocenters. The van der Waals surface area contributed by atoms with E-state index in [0.29, 0.717) is 16.9 Å². The zero-order chi connectivity index (χ0) is 15.3. The van der Waals surface area contributed by atoms with Crippen LogP contribution in [0.5, 0.6) is 0 Å². The highest BCUT2D eigenvalue weighted by Gasteiger charge is 2.15. The van der Waals surface area contributed by atoms with Crippen molar-refractivity contribution in [1.29, 1.82) is 0 Å². The van der Waals surface area contributed by atoms with Crippen molar-refractivity contribution >= 4 is 27.6 Å². The minimum Gasteiger partial charge on any atom is -0.358 e. The number of nitro benzene ring substituents is 1. The van der Waals surface area contributed by atoms with Crippen LogP contribution in [0.15, 0.2) is 42.5 Å². The van der Waals surface area contributed by atoms with E-state index in [2.05, 4.69) is 15.0 Å². The van der Waals surface area contributed by atoms with Crippen molar-refractivity contribution < 1.29 is 4.92 Å². The van der Waals surface area contributed by atoms with Crippen LogP contribution in [0.25, 0.3) is 33.3 Å². The number of para-hydroxylation sites is 1. The number of aryl methyl sites for hydroxylation is 1. The molecule has 6 heteroatoms. The summed E-state index contributed by atoms with van der Waals surface area (Å²) >= 11 is 0. The van der Waals surface area contributed by atoms with Crippen LogP contribution in [-0.2, 0) is 0 Å². The lowest BCUT2D eigenvalue weighted by Gasteiger charge is -1.96. The minimum atomic E-state index is -0.406. The van der Waals surface area contributed by atoms with Gasteiger partial charge in [-0.15, -0.1) is 0 Å². The van der Waals surface area contributed by atoms with E-state index in [1.807, 2.05) is 31.2 Å². The number of nitrogens with zero attached hydrogens (tertiary/aromatic N) is 2. The molecule has 0 saturated carbocycles. The molecule has 0 bridgehead atoms. The molecule has 2 heterocycles. The van der Waals surface area contributed by atoms with Gasteiger partial charge in [-0.2, -0.15) is 0 Å². The molecule has 6 nitrogen and oxygen atoms in total. The van der Waals surface area contributed by atoms with E-state index in [-0.39, 0.29) is 5.69 Å². The number of non-ortho nitro benzene ring substituents is 1. The number of hydrogen-bond donors (Lipinski definition) is 2. The van der Waals surface area contributed by atoms with E-state index in [1.165, 1.54) is 12.1 Å². The van der Waals surface area contributed by atoms with Gasteiger partial charge in [-0.3, -0.25) is 10.1 Å². The van der Waals surface area contributed by atoms with E-state index < -0.39 is 4.92 Å². The minimum absolute atomic E-state index is 0.0540. The molecule has 0 aliphatic carbocycles. The third-order valence-corrected chi connectivity index (χ3v) is 3.81. The number of hydrogen-bond acceptors (Lipinski definition) is 3. The van der Waals surface area contributed by atoms with Crippen molar-refractivity contribution in [3.8, 4) is 11.4 Å². The normalized spacial score (nSPS) is 11.3. The standard InChI is InChI=1S/C16H12N4O2/c1-9-15(11-4-2-3-5-12(11)17-9)16-18-13-7-6-10(20(21)22)8-14(13)19-16/h2-8,17H,1H3,(H,18,19). The Bertz CT molecular complexity index is 1030. The van der Waals surface area contributed by atoms with Gasteiger partial charge in [0.1, 0.15) is 5.82 Å². The molecule has 0 fully saturated rings. The van der Waals surface area contributed by atoms with E-state index in [0.717, 1.165) is 22.2 Å². The van der Waals surface area contributed by atoms with E-state index in [4.69, 9.17) is 0 Å². The number of aromatic amines is 2. The van der Waals surface area contributed by atoms with Crippen LogP contribution in [0.1, 0.15) is 5.69 Å². The fourth-order valence-electron chi connectivity index (χ4n) is 2.81. The predicted octanol–water partition coefficient (Wildman–Crippen LogP) is 3.93. The summed E-state index contributed by atoms with van der Waals surface area (Å²) in [5.74, 6) is 0.713. The Morgan fingerprint density at radius 2 is 1.91 bits per heavy atom. The summed E-state index contributed by atoms with van der Waals surface area (Å²) < 4.78 is 0. The maximum atomic E-state index is 10.9. The number of benzene rings is 2. The first-order valence-electron chi connectivity index (χ1n) is 6.85. The van der Waals surface area contributed by atoms with Crippen molar-refractivity contribution in [3.05, 3.63) is 58.3 Å². The third-order valence-electron chi connectivity index (χ3n) is 3.81. The van der Waals surface area contributed by atoms with E-state index in [9.17, 15) is 10.1 Å². The zero-order valence-corrected chi connectivity index (χ0v) is 11.8. The molecule has 2 aromatic heterocycles. The summed E-state index contributed by atoms with van der Waals surface area (Å²) in [5, 5.41) is 12.0. The molecule has 0 aliphatic rings. The molecular weight excluding hydrogens is 280 g/mol. The summed E-state index contributed by atoms with van der Waals surface area (Å²) in [7, 11) is 0. The molecule has 0 saturated heterocycles. The van der Waals surface area contributed by atoms with Crippen molar-refractivity contribution in [2.24, 2.45) is 0 Å². The van der Waals surface area contributed by atoms with E-state index in [1.54, 1.807) is 6.07 Å². The maximum absolute atomic E-state index is 10.9. The highest BCUT2D eigenvalue weighted by molar-refractivity contribution is 5.97. The molecule has 4 rings (SSSR count). The van der Waals surface area contributed by atoms with Gasteiger partial charge >= 0.3 is 0 Å². The van der Waals surface area contributed by atoms with Gasteiger partial charge in [0.2, 0.25) is 0 Å². The van der Waals surface area contributed by atoms with Gasteiger partial charge in [-0.1, -0.05) is 18.2 Å². The number of nitro groups is 1. The average Bonchev–Trinajstić information content (AvgIpc) is 3.05. The number of nitrogens with one attached hydrogen (secondary N) is 2. The van der Waals surface area contributed by atoms with Gasteiger partial charge in [0.25, 0.3) is 5.69 Å². The first-order chi connectivity index (χ1) is 10.6. The molecule has 22 heavy (non-hydrogen) atoms. The summed E-state index contributed by atoms with van der Waals surface area (Å²) in [4.78, 5) is 21.6. The molecule has 0 unspecified atom stereocenters. The van der Waals surface area contributed by atoms with Crippen LogP contribution in [0, 0.1) is 17.0 Å². The fourth-order valence-corrected chi connectivity index (χ4v) is 2.81. The van der Waals surface area contributed by atoms with Crippen molar-refractivity contribution in [2.75, 3.05) is 0 Å². The number of rotatable bonds is 2. The Morgan fingerprint density at radius 1 is 1.09 bits per heavy atom. The fraction of sp³-hybridized carbons (Fsp3) is 0.0625. The Hall–Kier alpha value is -3.15. The Kier molecular flexibility index (Phi) is 2.53. The monoisotopic (exact) mass is 292 g/mol. The number of aromatic nitrogens is 3. The highest BCUT2D eigenvalue weighted by Crippen LogP contribution is 2.32. The van der Waals surface area contributed by atoms with Crippen LogP contribution < -0.4 is 0 Å². The largest absolute Gasteiger partial charge is 0.358 e. The van der Waals surface area contributed by atoms with Crippen LogP contribution in [0.2, 0.25) is 0 Å². The molecule has 2 aromatic carbocycles. The first kappa shape index (κ1) is 12.6. The number of fused-ring (bicyclic) bond motifs is 2. The van der Waals surface area contributed by atoms with Crippen LogP contribution >= 0.6 is 0 Å². The predicted molar refractivity (Wildman–Crippen MR) is 84.8 cm³/mol. The second kappa shape index (κ2) is 4.42. The van der Waals surface area contributed by atoms with Crippen LogP contribution in [0.3, 0.4) is 0 Å². The number of H-pyrrole nitrogens is 2. The van der Waals surface area contributed by atoms with Gasteiger partial charge in [0, 0.05) is 34.3 Å². The average molecular weight is 292 g/mol. The van der Waals surface area contributed by atoms with Gasteiger partial charge in [-0.05, 0) is 19.1 Å². The Balaban J connectivity index is 1.96. The van der Waals surface area contributed by atoms with Gasteiger partial charge in [-0.25, -0.2) is 4.98 Å². The van der Waals surface area contributed by atoms with Crippen LogP contribution in [0.4, 0.5) is 5.69 Å². The quantitative estimate of drug-likeness (QED) is 0.433. The maximum Gasteiger partial charge on any atom is 0.271 e. The topological polar surface area (TPSA) is 87.6 Å². The van der Waals surface area contributed by atoms with Crippen LogP contribution in [-0.4, -0.2) is 19.9 Å². The SMILES string of the molecule is Cc1[nH]c2ccccc2c1-c1nc2ccc([N+](=O)[O-])cc2[nH]1. The van der Waals surface area contributed by atoms with Gasteiger partial charge < -0.3 is 9.97 Å². The molecule has 0 amide bonds.